The maximum Gasteiger partial charge on any atom is 0.160 e. The molecule has 23 heavy (non-hydrogen) atoms. The van der Waals surface area contributed by atoms with E-state index in [1.54, 1.807) is 0 Å². The van der Waals surface area contributed by atoms with E-state index in [0.29, 0.717) is 11.6 Å². The van der Waals surface area contributed by atoms with Gasteiger partial charge in [0.1, 0.15) is 0 Å². The highest BCUT2D eigenvalue weighted by atomic mass is 79.9. The zero-order chi connectivity index (χ0) is 16.2. The topological polar surface area (TPSA) is 51.8 Å². The van der Waals surface area contributed by atoms with Gasteiger partial charge in [0.05, 0.1) is 11.2 Å². The summed E-state index contributed by atoms with van der Waals surface area (Å²) in [5.41, 5.74) is 8.56. The van der Waals surface area contributed by atoms with Crippen molar-refractivity contribution in [3.63, 3.8) is 0 Å². The first-order chi connectivity index (χ1) is 11.2. The van der Waals surface area contributed by atoms with Gasteiger partial charge in [-0.05, 0) is 56.1 Å². The first kappa shape index (κ1) is 16.4. The molecule has 0 saturated heterocycles. The highest BCUT2D eigenvalue weighted by molar-refractivity contribution is 9.10. The molecular formula is C18H17BrClN3. The normalized spacial score (nSPS) is 11.1. The van der Waals surface area contributed by atoms with Crippen LogP contribution in [-0.2, 0) is 6.42 Å². The lowest BCUT2D eigenvalue weighted by Gasteiger charge is -2.09. The number of aromatic nitrogens is 2. The number of unbranched alkanes of at least 4 members (excludes halogenated alkanes) is 1. The van der Waals surface area contributed by atoms with Crippen LogP contribution in [0.15, 0.2) is 46.9 Å². The average Bonchev–Trinajstić information content (AvgIpc) is 2.56. The molecule has 0 spiro atoms. The molecule has 3 rings (SSSR count). The molecule has 2 N–H and O–H groups in total. The number of nitrogens with two attached hydrogens (primary N) is 1. The van der Waals surface area contributed by atoms with Crippen molar-refractivity contribution in [1.29, 1.82) is 0 Å². The first-order valence-corrected chi connectivity index (χ1v) is 8.76. The zero-order valence-corrected chi connectivity index (χ0v) is 14.9. The minimum Gasteiger partial charge on any atom is -0.330 e. The Labute approximate surface area is 149 Å². The minimum absolute atomic E-state index is 0.698. The van der Waals surface area contributed by atoms with Crippen LogP contribution in [0.4, 0.5) is 0 Å². The van der Waals surface area contributed by atoms with Crippen LogP contribution in [0.3, 0.4) is 0 Å². The van der Waals surface area contributed by atoms with Gasteiger partial charge in [0.25, 0.3) is 0 Å². The number of nitrogens with zero attached hydrogens (tertiary/aromatic N) is 2. The summed E-state index contributed by atoms with van der Waals surface area (Å²) < 4.78 is 1.04. The molecule has 5 heteroatoms. The Morgan fingerprint density at radius 3 is 2.52 bits per heavy atom. The number of rotatable bonds is 5. The van der Waals surface area contributed by atoms with E-state index in [9.17, 15) is 0 Å². The van der Waals surface area contributed by atoms with Gasteiger partial charge in [-0.15, -0.1) is 0 Å². The van der Waals surface area contributed by atoms with Gasteiger partial charge in [0, 0.05) is 20.4 Å². The standard InChI is InChI=1S/C18H17BrClN3/c19-13-6-4-12(5-7-13)18-22-16(3-1-2-10-21)15-11-14(20)8-9-17(15)23-18/h4-9,11H,1-3,10,21H2. The molecule has 3 aromatic rings. The van der Waals surface area contributed by atoms with E-state index >= 15 is 0 Å². The SMILES string of the molecule is NCCCCc1nc(-c2ccc(Br)cc2)nc2ccc(Cl)cc12. The summed E-state index contributed by atoms with van der Waals surface area (Å²) in [6, 6.07) is 13.8. The van der Waals surface area contributed by atoms with Gasteiger partial charge in [-0.3, -0.25) is 0 Å². The summed E-state index contributed by atoms with van der Waals surface area (Å²) in [6.45, 7) is 0.698. The van der Waals surface area contributed by atoms with Crippen molar-refractivity contribution in [1.82, 2.24) is 9.97 Å². The van der Waals surface area contributed by atoms with Crippen molar-refractivity contribution in [2.45, 2.75) is 19.3 Å². The third-order valence-corrected chi connectivity index (χ3v) is 4.47. The van der Waals surface area contributed by atoms with Crippen molar-refractivity contribution in [3.05, 3.63) is 57.7 Å². The van der Waals surface area contributed by atoms with Crippen molar-refractivity contribution >= 4 is 38.4 Å². The summed E-state index contributed by atoms with van der Waals surface area (Å²) >= 11 is 9.60. The fraction of sp³-hybridized carbons (Fsp3) is 0.222. The van der Waals surface area contributed by atoms with Crippen LogP contribution < -0.4 is 5.73 Å². The van der Waals surface area contributed by atoms with E-state index in [4.69, 9.17) is 27.3 Å². The van der Waals surface area contributed by atoms with Gasteiger partial charge in [0.2, 0.25) is 0 Å². The molecule has 0 radical (unpaired) electrons. The molecule has 3 nitrogen and oxygen atoms in total. The Balaban J connectivity index is 2.08. The second-order valence-corrected chi connectivity index (χ2v) is 6.76. The maximum atomic E-state index is 6.15. The Morgan fingerprint density at radius 2 is 1.78 bits per heavy atom. The summed E-state index contributed by atoms with van der Waals surface area (Å²) in [5.74, 6) is 0.745. The molecule has 0 atom stereocenters. The van der Waals surface area contributed by atoms with E-state index in [2.05, 4.69) is 15.9 Å². The number of hydrogen-bond acceptors (Lipinski definition) is 3. The van der Waals surface area contributed by atoms with E-state index in [0.717, 1.165) is 51.7 Å². The van der Waals surface area contributed by atoms with Crippen LogP contribution in [-0.4, -0.2) is 16.5 Å². The predicted octanol–water partition coefficient (Wildman–Crippen LogP) is 4.99. The number of halogens is 2. The molecule has 0 unspecified atom stereocenters. The molecule has 1 aromatic heterocycles. The molecule has 0 bridgehead atoms. The largest absolute Gasteiger partial charge is 0.330 e. The number of aryl methyl sites for hydroxylation is 1. The minimum atomic E-state index is 0.698. The van der Waals surface area contributed by atoms with Crippen molar-refractivity contribution in [2.75, 3.05) is 6.54 Å². The zero-order valence-electron chi connectivity index (χ0n) is 12.6. The molecule has 0 aliphatic rings. The third kappa shape index (κ3) is 3.89. The quantitative estimate of drug-likeness (QED) is 0.624. The van der Waals surface area contributed by atoms with Crippen molar-refractivity contribution in [3.8, 4) is 11.4 Å². The van der Waals surface area contributed by atoms with E-state index in [1.807, 2.05) is 42.5 Å². The monoisotopic (exact) mass is 389 g/mol. The molecule has 0 fully saturated rings. The van der Waals surface area contributed by atoms with Gasteiger partial charge < -0.3 is 5.73 Å². The Morgan fingerprint density at radius 1 is 1.00 bits per heavy atom. The summed E-state index contributed by atoms with van der Waals surface area (Å²) in [5, 5.41) is 1.73. The predicted molar refractivity (Wildman–Crippen MR) is 99.7 cm³/mol. The van der Waals surface area contributed by atoms with Gasteiger partial charge in [-0.2, -0.15) is 0 Å². The molecule has 0 amide bonds. The van der Waals surface area contributed by atoms with Gasteiger partial charge >= 0.3 is 0 Å². The van der Waals surface area contributed by atoms with Crippen molar-refractivity contribution in [2.24, 2.45) is 5.73 Å². The lowest BCUT2D eigenvalue weighted by molar-refractivity contribution is 0.735. The Hall–Kier alpha value is -1.49. The summed E-state index contributed by atoms with van der Waals surface area (Å²) in [7, 11) is 0. The summed E-state index contributed by atoms with van der Waals surface area (Å²) in [6.07, 6.45) is 2.87. The lowest BCUT2D eigenvalue weighted by Crippen LogP contribution is -2.02. The van der Waals surface area contributed by atoms with Crippen LogP contribution in [0.25, 0.3) is 22.3 Å². The van der Waals surface area contributed by atoms with Gasteiger partial charge in [0.15, 0.2) is 5.82 Å². The van der Waals surface area contributed by atoms with E-state index in [-0.39, 0.29) is 0 Å². The summed E-state index contributed by atoms with van der Waals surface area (Å²) in [4.78, 5) is 9.48. The Bertz CT molecular complexity index is 818. The maximum absolute atomic E-state index is 6.15. The molecule has 0 aliphatic carbocycles. The van der Waals surface area contributed by atoms with Crippen LogP contribution in [0.5, 0.6) is 0 Å². The van der Waals surface area contributed by atoms with Gasteiger partial charge in [-0.25, -0.2) is 9.97 Å². The molecule has 118 valence electrons. The smallest absolute Gasteiger partial charge is 0.160 e. The van der Waals surface area contributed by atoms with E-state index < -0.39 is 0 Å². The molecule has 0 saturated carbocycles. The van der Waals surface area contributed by atoms with Crippen molar-refractivity contribution < 1.29 is 0 Å². The van der Waals surface area contributed by atoms with Crippen LogP contribution in [0, 0.1) is 0 Å². The lowest BCUT2D eigenvalue weighted by atomic mass is 10.1. The molecular weight excluding hydrogens is 374 g/mol. The van der Waals surface area contributed by atoms with E-state index in [1.165, 1.54) is 0 Å². The highest BCUT2D eigenvalue weighted by Gasteiger charge is 2.10. The second kappa shape index (κ2) is 7.39. The van der Waals surface area contributed by atoms with Crippen LogP contribution in [0.1, 0.15) is 18.5 Å². The first-order valence-electron chi connectivity index (χ1n) is 7.59. The van der Waals surface area contributed by atoms with Crippen LogP contribution >= 0.6 is 27.5 Å². The molecule has 1 heterocycles. The number of fused-ring (bicyclic) bond motifs is 1. The van der Waals surface area contributed by atoms with Crippen LogP contribution in [0.2, 0.25) is 5.02 Å². The molecule has 2 aromatic carbocycles. The number of hydrogen-bond donors (Lipinski definition) is 1. The fourth-order valence-corrected chi connectivity index (χ4v) is 2.96. The van der Waals surface area contributed by atoms with Gasteiger partial charge in [-0.1, -0.05) is 39.7 Å². The fourth-order valence-electron chi connectivity index (χ4n) is 2.52. The average molecular weight is 391 g/mol. The molecule has 0 aliphatic heterocycles. The number of benzene rings is 2. The third-order valence-electron chi connectivity index (χ3n) is 3.71. The Kier molecular flexibility index (Phi) is 5.26. The highest BCUT2D eigenvalue weighted by Crippen LogP contribution is 2.26. The second-order valence-electron chi connectivity index (χ2n) is 5.41.